The summed E-state index contributed by atoms with van der Waals surface area (Å²) >= 11 is 2.17. The fraction of sp³-hybridized carbons (Fsp3) is 0.348. The van der Waals surface area contributed by atoms with E-state index in [1.54, 1.807) is 24.3 Å². The zero-order chi connectivity index (χ0) is 21.9. The summed E-state index contributed by atoms with van der Waals surface area (Å²) in [6, 6.07) is 15.4. The van der Waals surface area contributed by atoms with E-state index in [2.05, 4.69) is 22.6 Å². The van der Waals surface area contributed by atoms with Crippen LogP contribution in [0.5, 0.6) is 5.75 Å². The van der Waals surface area contributed by atoms with Crippen molar-refractivity contribution in [3.8, 4) is 5.75 Å². The van der Waals surface area contributed by atoms with Crippen LogP contribution < -0.4 is 9.64 Å². The fourth-order valence-electron chi connectivity index (χ4n) is 3.51. The number of imide groups is 1. The van der Waals surface area contributed by atoms with Gasteiger partial charge in [-0.15, -0.1) is 0 Å². The normalized spacial score (nSPS) is 16.7. The first-order chi connectivity index (χ1) is 14.2. The van der Waals surface area contributed by atoms with Crippen molar-refractivity contribution < 1.29 is 19.1 Å². The van der Waals surface area contributed by atoms with Gasteiger partial charge in [0.15, 0.2) is 6.61 Å². The third kappa shape index (κ3) is 4.66. The van der Waals surface area contributed by atoms with Crippen LogP contribution in [-0.4, -0.2) is 40.8 Å². The maximum absolute atomic E-state index is 13.3. The van der Waals surface area contributed by atoms with Crippen molar-refractivity contribution in [1.82, 2.24) is 4.90 Å². The molecule has 158 valence electrons. The van der Waals surface area contributed by atoms with Gasteiger partial charge in [-0.3, -0.25) is 14.4 Å². The number of benzene rings is 2. The molecule has 1 unspecified atom stereocenters. The molecular formula is C23H25IN2O4. The monoisotopic (exact) mass is 520 g/mol. The number of carbonyl (C=O) groups excluding carboxylic acids is 3. The molecule has 3 rings (SSSR count). The second-order valence-corrected chi connectivity index (χ2v) is 9.04. The van der Waals surface area contributed by atoms with Gasteiger partial charge in [0.25, 0.3) is 11.8 Å². The predicted octanol–water partition coefficient (Wildman–Crippen LogP) is 4.02. The van der Waals surface area contributed by atoms with E-state index in [1.165, 1.54) is 9.80 Å². The Hall–Kier alpha value is -2.42. The summed E-state index contributed by atoms with van der Waals surface area (Å²) in [7, 11) is 0. The Morgan fingerprint density at radius 2 is 1.77 bits per heavy atom. The largest absolute Gasteiger partial charge is 0.484 e. The van der Waals surface area contributed by atoms with Gasteiger partial charge in [0.05, 0.1) is 12.1 Å². The van der Waals surface area contributed by atoms with Gasteiger partial charge in [-0.25, -0.2) is 4.90 Å². The Morgan fingerprint density at radius 1 is 1.13 bits per heavy atom. The Labute approximate surface area is 190 Å². The van der Waals surface area contributed by atoms with Gasteiger partial charge in [0.2, 0.25) is 5.91 Å². The molecule has 1 saturated heterocycles. The molecule has 0 saturated carbocycles. The maximum Gasteiger partial charge on any atom is 0.261 e. The van der Waals surface area contributed by atoms with E-state index < -0.39 is 11.6 Å². The van der Waals surface area contributed by atoms with Gasteiger partial charge in [-0.2, -0.15) is 0 Å². The number of rotatable bonds is 7. The summed E-state index contributed by atoms with van der Waals surface area (Å²) in [6.07, 6.45) is 0.594. The smallest absolute Gasteiger partial charge is 0.261 e. The topological polar surface area (TPSA) is 66.9 Å². The van der Waals surface area contributed by atoms with Gasteiger partial charge in [-0.1, -0.05) is 25.1 Å². The summed E-state index contributed by atoms with van der Waals surface area (Å²) < 4.78 is 6.64. The van der Waals surface area contributed by atoms with Crippen LogP contribution in [0.4, 0.5) is 5.69 Å². The number of halogens is 1. The molecule has 3 amide bonds. The van der Waals surface area contributed by atoms with Crippen LogP contribution in [0.2, 0.25) is 0 Å². The zero-order valence-electron chi connectivity index (χ0n) is 17.3. The summed E-state index contributed by atoms with van der Waals surface area (Å²) in [4.78, 5) is 41.9. The first-order valence-corrected chi connectivity index (χ1v) is 10.9. The number of amides is 3. The van der Waals surface area contributed by atoms with E-state index in [-0.39, 0.29) is 30.7 Å². The highest BCUT2D eigenvalue weighted by molar-refractivity contribution is 14.1. The Morgan fingerprint density at radius 3 is 2.37 bits per heavy atom. The number of anilines is 1. The van der Waals surface area contributed by atoms with Crippen molar-refractivity contribution in [1.29, 1.82) is 0 Å². The predicted molar refractivity (Wildman–Crippen MR) is 123 cm³/mol. The van der Waals surface area contributed by atoms with Crippen molar-refractivity contribution in [3.05, 3.63) is 58.2 Å². The average Bonchev–Trinajstić information content (AvgIpc) is 3.01. The van der Waals surface area contributed by atoms with Gasteiger partial charge < -0.3 is 9.64 Å². The lowest BCUT2D eigenvalue weighted by molar-refractivity contribution is -0.146. The number of carbonyl (C=O) groups is 3. The average molecular weight is 520 g/mol. The van der Waals surface area contributed by atoms with E-state index in [4.69, 9.17) is 4.74 Å². The van der Waals surface area contributed by atoms with Crippen LogP contribution >= 0.6 is 22.6 Å². The van der Waals surface area contributed by atoms with Gasteiger partial charge >= 0.3 is 0 Å². The van der Waals surface area contributed by atoms with Crippen molar-refractivity contribution in [2.24, 2.45) is 0 Å². The van der Waals surface area contributed by atoms with Crippen LogP contribution in [0.15, 0.2) is 54.6 Å². The quantitative estimate of drug-likeness (QED) is 0.409. The lowest BCUT2D eigenvalue weighted by Gasteiger charge is -2.41. The summed E-state index contributed by atoms with van der Waals surface area (Å²) in [5, 5.41) is 0. The third-order valence-electron chi connectivity index (χ3n) is 5.41. The minimum atomic E-state index is -0.849. The summed E-state index contributed by atoms with van der Waals surface area (Å²) in [5.41, 5.74) is -0.0880. The van der Waals surface area contributed by atoms with E-state index in [1.807, 2.05) is 51.1 Å². The van der Waals surface area contributed by atoms with Crippen molar-refractivity contribution >= 4 is 46.0 Å². The van der Waals surface area contributed by atoms with Crippen LogP contribution in [-0.2, 0) is 14.4 Å². The highest BCUT2D eigenvalue weighted by Crippen LogP contribution is 2.31. The molecule has 30 heavy (non-hydrogen) atoms. The highest BCUT2D eigenvalue weighted by atomic mass is 127. The zero-order valence-corrected chi connectivity index (χ0v) is 19.5. The SMILES string of the molecule is CCC(C)(C)N(C(=O)COc1ccccc1)C1CC(=O)N(c2ccc(I)cc2)C1=O. The van der Waals surface area contributed by atoms with E-state index in [0.29, 0.717) is 17.9 Å². The van der Waals surface area contributed by atoms with E-state index in [0.717, 1.165) is 3.57 Å². The Balaban J connectivity index is 1.85. The van der Waals surface area contributed by atoms with Gasteiger partial charge in [-0.05, 0) is 79.3 Å². The molecule has 0 spiro atoms. The minimum Gasteiger partial charge on any atom is -0.484 e. The Bertz CT molecular complexity index is 928. The molecule has 6 nitrogen and oxygen atoms in total. The molecule has 2 aromatic carbocycles. The number of para-hydroxylation sites is 1. The van der Waals surface area contributed by atoms with Crippen LogP contribution in [0, 0.1) is 3.57 Å². The molecule has 0 N–H and O–H groups in total. The second kappa shape index (κ2) is 9.16. The lowest BCUT2D eigenvalue weighted by atomic mass is 9.96. The fourth-order valence-corrected chi connectivity index (χ4v) is 3.87. The third-order valence-corrected chi connectivity index (χ3v) is 6.13. The standard InChI is InChI=1S/C23H25IN2O4/c1-4-23(2,3)26(21(28)15-30-18-8-6-5-7-9-18)19-14-20(27)25(22(19)29)17-12-10-16(24)11-13-17/h5-13,19H,4,14-15H2,1-3H3. The molecule has 7 heteroatoms. The first kappa shape index (κ1) is 22.3. The molecule has 1 atom stereocenters. The summed E-state index contributed by atoms with van der Waals surface area (Å²) in [5.74, 6) is -0.425. The molecule has 0 aliphatic carbocycles. The number of hydrogen-bond donors (Lipinski definition) is 0. The molecule has 0 bridgehead atoms. The van der Waals surface area contributed by atoms with Gasteiger partial charge in [0, 0.05) is 9.11 Å². The highest BCUT2D eigenvalue weighted by Gasteiger charge is 2.48. The van der Waals surface area contributed by atoms with Crippen LogP contribution in [0.3, 0.4) is 0 Å². The van der Waals surface area contributed by atoms with Crippen molar-refractivity contribution in [2.75, 3.05) is 11.5 Å². The summed E-state index contributed by atoms with van der Waals surface area (Å²) in [6.45, 7) is 5.56. The molecule has 0 aromatic heterocycles. The molecule has 1 fully saturated rings. The number of nitrogens with zero attached hydrogens (tertiary/aromatic N) is 2. The van der Waals surface area contributed by atoms with E-state index in [9.17, 15) is 14.4 Å². The van der Waals surface area contributed by atoms with Crippen LogP contribution in [0.25, 0.3) is 0 Å². The van der Waals surface area contributed by atoms with Gasteiger partial charge in [0.1, 0.15) is 11.8 Å². The minimum absolute atomic E-state index is 0.0364. The van der Waals surface area contributed by atoms with Crippen molar-refractivity contribution in [3.63, 3.8) is 0 Å². The van der Waals surface area contributed by atoms with Crippen molar-refractivity contribution in [2.45, 2.75) is 45.2 Å². The lowest BCUT2D eigenvalue weighted by Crippen LogP contribution is -2.56. The molecule has 1 aliphatic rings. The second-order valence-electron chi connectivity index (χ2n) is 7.80. The first-order valence-electron chi connectivity index (χ1n) is 9.87. The maximum atomic E-state index is 13.3. The van der Waals surface area contributed by atoms with E-state index >= 15 is 0 Å². The molecule has 1 aliphatic heterocycles. The molecule has 1 heterocycles. The molecule has 0 radical (unpaired) electrons. The van der Waals surface area contributed by atoms with Crippen LogP contribution in [0.1, 0.15) is 33.6 Å². The number of hydrogen-bond acceptors (Lipinski definition) is 4. The molecular weight excluding hydrogens is 495 g/mol. The number of ether oxygens (including phenoxy) is 1. The Kier molecular flexibility index (Phi) is 6.80. The molecule has 2 aromatic rings.